The average Bonchev–Trinajstić information content (AvgIpc) is 3.55. The van der Waals surface area contributed by atoms with Gasteiger partial charge in [-0.1, -0.05) is 97.5 Å². The van der Waals surface area contributed by atoms with Crippen LogP contribution in [0.2, 0.25) is 0 Å². The number of aromatic nitrogens is 2. The SMILES string of the molecule is CC(C)(C)c1cc(-c2cc(-c3ccc4ccsc4n3)ccn2)[c-]c2ccccc12.CCC(C)(CC)C(=O)/C=C(\O)C(C)(CC)CC.[Ir]. The van der Waals surface area contributed by atoms with Crippen LogP contribution in [0, 0.1) is 16.9 Å². The van der Waals surface area contributed by atoms with Crippen molar-refractivity contribution in [3.8, 4) is 22.5 Å². The third-order valence-corrected chi connectivity index (χ3v) is 10.7. The van der Waals surface area contributed by atoms with Crippen molar-refractivity contribution in [1.29, 1.82) is 0 Å². The van der Waals surface area contributed by atoms with Gasteiger partial charge >= 0.3 is 0 Å². The molecule has 0 saturated heterocycles. The van der Waals surface area contributed by atoms with E-state index in [0.717, 1.165) is 58.4 Å². The van der Waals surface area contributed by atoms with Gasteiger partial charge in [0.1, 0.15) is 10.6 Å². The molecule has 0 spiro atoms. The predicted molar refractivity (Wildman–Crippen MR) is 196 cm³/mol. The Bertz CT molecular complexity index is 1840. The second-order valence-electron chi connectivity index (χ2n) is 13.8. The van der Waals surface area contributed by atoms with Crippen molar-refractivity contribution in [2.24, 2.45) is 10.8 Å². The van der Waals surface area contributed by atoms with E-state index in [1.807, 2.05) is 53.8 Å². The standard InChI is InChI=1S/C26H21N2S.C15H28O2.Ir/c1-26(2,3)22-15-20(14-18-6-4-5-7-21(18)22)24-16-19(10-12-27-24)23-9-8-17-11-13-29-25(17)28-23;1-7-14(5,8-2)12(16)11-13(17)15(6,9-3)10-4;/h4-13,15-16H,1-3H3;11,16H,7-10H2,1-6H3;/q-1;;/b;12-11-;. The maximum absolute atomic E-state index is 12.2. The fourth-order valence-corrected chi connectivity index (χ4v) is 6.18. The summed E-state index contributed by atoms with van der Waals surface area (Å²) in [4.78, 5) is 22.7. The molecule has 0 aliphatic heterocycles. The molecule has 0 bridgehead atoms. The number of carbonyl (C=O) groups is 1. The van der Waals surface area contributed by atoms with Crippen LogP contribution >= 0.6 is 11.3 Å². The molecule has 0 atom stereocenters. The number of allylic oxidation sites excluding steroid dienone is 2. The molecule has 1 N–H and O–H groups in total. The van der Waals surface area contributed by atoms with Crippen LogP contribution in [0.15, 0.2) is 84.1 Å². The first-order valence-electron chi connectivity index (χ1n) is 16.5. The van der Waals surface area contributed by atoms with Gasteiger partial charge in [0, 0.05) is 54.3 Å². The van der Waals surface area contributed by atoms with E-state index in [0.29, 0.717) is 0 Å². The van der Waals surface area contributed by atoms with Crippen LogP contribution in [0.4, 0.5) is 0 Å². The molecule has 1 radical (unpaired) electrons. The largest absolute Gasteiger partial charge is 0.512 e. The zero-order valence-electron chi connectivity index (χ0n) is 29.3. The molecule has 5 rings (SSSR count). The van der Waals surface area contributed by atoms with Crippen molar-refractivity contribution in [3.05, 3.63) is 95.7 Å². The zero-order valence-corrected chi connectivity index (χ0v) is 32.5. The van der Waals surface area contributed by atoms with Crippen LogP contribution in [-0.4, -0.2) is 20.9 Å². The van der Waals surface area contributed by atoms with Crippen LogP contribution in [0.3, 0.4) is 0 Å². The molecule has 251 valence electrons. The predicted octanol–water partition coefficient (Wildman–Crippen LogP) is 11.9. The molecule has 4 nitrogen and oxygen atoms in total. The minimum atomic E-state index is -0.337. The summed E-state index contributed by atoms with van der Waals surface area (Å²) in [6.45, 7) is 18.8. The molecule has 0 saturated carbocycles. The Balaban J connectivity index is 0.000000290. The first-order valence-corrected chi connectivity index (χ1v) is 17.4. The van der Waals surface area contributed by atoms with Crippen molar-refractivity contribution < 1.29 is 30.0 Å². The molecule has 0 unspecified atom stereocenters. The number of nitrogens with zero attached hydrogens (tertiary/aromatic N) is 2. The molecule has 0 fully saturated rings. The number of rotatable bonds is 9. The first-order chi connectivity index (χ1) is 21.8. The number of aliphatic hydroxyl groups excluding tert-OH is 1. The van der Waals surface area contributed by atoms with Gasteiger partial charge in [0.25, 0.3) is 0 Å². The number of ketones is 1. The van der Waals surface area contributed by atoms with Crippen LogP contribution in [0.1, 0.15) is 93.6 Å². The van der Waals surface area contributed by atoms with Crippen LogP contribution in [0.25, 0.3) is 43.5 Å². The number of carbonyl (C=O) groups excluding carboxylic acids is 1. The number of aliphatic hydroxyl groups is 1. The molecule has 47 heavy (non-hydrogen) atoms. The molecular weight excluding hydrogens is 777 g/mol. The van der Waals surface area contributed by atoms with Crippen molar-refractivity contribution in [2.45, 2.75) is 93.4 Å². The number of benzene rings is 2. The number of fused-ring (bicyclic) bond motifs is 2. The summed E-state index contributed by atoms with van der Waals surface area (Å²) in [6.07, 6.45) is 6.62. The van der Waals surface area contributed by atoms with Crippen LogP contribution < -0.4 is 0 Å². The maximum atomic E-state index is 12.2. The Labute approximate surface area is 299 Å². The molecule has 3 heterocycles. The Morgan fingerprint density at radius 1 is 0.851 bits per heavy atom. The summed E-state index contributed by atoms with van der Waals surface area (Å²) in [5.41, 5.74) is 4.73. The molecule has 6 heteroatoms. The van der Waals surface area contributed by atoms with Crippen LogP contribution in [0.5, 0.6) is 0 Å². The summed E-state index contributed by atoms with van der Waals surface area (Å²) >= 11 is 1.67. The molecular formula is C41H49IrN2O2S-. The fraction of sp³-hybridized carbons (Fsp3) is 0.390. The van der Waals surface area contributed by atoms with Crippen molar-refractivity contribution in [2.75, 3.05) is 0 Å². The second kappa shape index (κ2) is 15.8. The summed E-state index contributed by atoms with van der Waals surface area (Å²) in [5.74, 6) is 0.286. The van der Waals surface area contributed by atoms with E-state index in [9.17, 15) is 9.90 Å². The maximum Gasteiger partial charge on any atom is 0.164 e. The smallest absolute Gasteiger partial charge is 0.164 e. The first kappa shape index (κ1) is 38.3. The Hall–Kier alpha value is -3.18. The van der Waals surface area contributed by atoms with E-state index >= 15 is 0 Å². The minimum Gasteiger partial charge on any atom is -0.512 e. The summed E-state index contributed by atoms with van der Waals surface area (Å²) < 4.78 is 0. The van der Waals surface area contributed by atoms with Gasteiger partial charge < -0.3 is 5.11 Å². The van der Waals surface area contributed by atoms with E-state index in [-0.39, 0.29) is 47.9 Å². The van der Waals surface area contributed by atoms with Gasteiger partial charge in [-0.15, -0.1) is 40.5 Å². The van der Waals surface area contributed by atoms with Gasteiger partial charge in [0.05, 0.1) is 5.69 Å². The third-order valence-electron chi connectivity index (χ3n) is 9.83. The number of hydrogen-bond donors (Lipinski definition) is 1. The zero-order chi connectivity index (χ0) is 33.7. The average molecular weight is 826 g/mol. The minimum absolute atomic E-state index is 0. The number of hydrogen-bond acceptors (Lipinski definition) is 5. The number of pyridine rings is 2. The molecule has 0 aliphatic rings. The normalized spacial score (nSPS) is 12.4. The van der Waals surface area contributed by atoms with Gasteiger partial charge in [-0.25, -0.2) is 4.98 Å². The Kier molecular flexibility index (Phi) is 12.9. The van der Waals surface area contributed by atoms with E-state index in [4.69, 9.17) is 4.98 Å². The summed E-state index contributed by atoms with van der Waals surface area (Å²) in [5, 5.41) is 15.8. The van der Waals surface area contributed by atoms with Crippen LogP contribution in [-0.2, 0) is 30.3 Å². The van der Waals surface area contributed by atoms with Crippen molar-refractivity contribution >= 4 is 38.1 Å². The molecule has 3 aromatic heterocycles. The van der Waals surface area contributed by atoms with E-state index < -0.39 is 0 Å². The third kappa shape index (κ3) is 8.65. The summed E-state index contributed by atoms with van der Waals surface area (Å²) in [7, 11) is 0. The summed E-state index contributed by atoms with van der Waals surface area (Å²) in [6, 6.07) is 24.8. The monoisotopic (exact) mass is 826 g/mol. The van der Waals surface area contributed by atoms with E-state index in [1.165, 1.54) is 22.4 Å². The second-order valence-corrected chi connectivity index (χ2v) is 14.7. The topological polar surface area (TPSA) is 63.1 Å². The van der Waals surface area contributed by atoms with Gasteiger partial charge in [0.2, 0.25) is 0 Å². The quantitative estimate of drug-likeness (QED) is 0.0913. The Morgan fingerprint density at radius 3 is 2.15 bits per heavy atom. The van der Waals surface area contributed by atoms with Crippen molar-refractivity contribution in [1.82, 2.24) is 9.97 Å². The Morgan fingerprint density at radius 2 is 1.51 bits per heavy atom. The fourth-order valence-electron chi connectivity index (χ4n) is 5.41. The molecule has 0 amide bonds. The van der Waals surface area contributed by atoms with Gasteiger partial charge in [-0.05, 0) is 66.3 Å². The van der Waals surface area contributed by atoms with Gasteiger partial charge in [-0.3, -0.25) is 9.78 Å². The molecule has 2 aromatic carbocycles. The van der Waals surface area contributed by atoms with E-state index in [2.05, 4.69) is 91.8 Å². The number of thiophene rings is 1. The van der Waals surface area contributed by atoms with E-state index in [1.54, 1.807) is 11.3 Å². The molecule has 0 aliphatic carbocycles. The van der Waals surface area contributed by atoms with Crippen molar-refractivity contribution in [3.63, 3.8) is 0 Å². The van der Waals surface area contributed by atoms with Gasteiger partial charge in [-0.2, -0.15) is 0 Å². The van der Waals surface area contributed by atoms with Gasteiger partial charge in [0.15, 0.2) is 5.78 Å². The molecule has 5 aromatic rings.